The molecule has 2 rings (SSSR count). The summed E-state index contributed by atoms with van der Waals surface area (Å²) in [6, 6.07) is 5.88. The average Bonchev–Trinajstić information content (AvgIpc) is 2.83. The number of carbonyl (C=O) groups is 1. The normalized spacial score (nSPS) is 16.5. The highest BCUT2D eigenvalue weighted by Gasteiger charge is 2.43. The molecule has 0 amide bonds. The Kier molecular flexibility index (Phi) is 13.6. The SMILES string of the molecule is CCCCCCCCCCOc1ccc2c(c1)CCC(C(=O)O[C@H](CCCCCC)C(F)(F)F)C2. The van der Waals surface area contributed by atoms with Gasteiger partial charge in [0.15, 0.2) is 6.10 Å². The van der Waals surface area contributed by atoms with E-state index in [2.05, 4.69) is 6.92 Å². The third-order valence-corrected chi connectivity index (χ3v) is 6.95. The van der Waals surface area contributed by atoms with Crippen molar-refractivity contribution in [2.24, 2.45) is 5.92 Å². The molecule has 1 aliphatic carbocycles. The summed E-state index contributed by atoms with van der Waals surface area (Å²) in [4.78, 5) is 12.6. The Bertz CT molecular complexity index is 732. The van der Waals surface area contributed by atoms with E-state index in [1.807, 2.05) is 25.1 Å². The minimum absolute atomic E-state index is 0.155. The van der Waals surface area contributed by atoms with Gasteiger partial charge in [0.05, 0.1) is 12.5 Å². The van der Waals surface area contributed by atoms with Crippen LogP contribution in [0.1, 0.15) is 115 Å². The van der Waals surface area contributed by atoms with Crippen molar-refractivity contribution < 1.29 is 27.4 Å². The fourth-order valence-corrected chi connectivity index (χ4v) is 4.73. The van der Waals surface area contributed by atoms with Crippen molar-refractivity contribution in [2.45, 2.75) is 129 Å². The van der Waals surface area contributed by atoms with Crippen molar-refractivity contribution in [3.8, 4) is 5.75 Å². The quantitative estimate of drug-likeness (QED) is 0.159. The number of alkyl halides is 3. The third kappa shape index (κ3) is 11.3. The van der Waals surface area contributed by atoms with Gasteiger partial charge in [-0.05, 0) is 61.8 Å². The number of halogens is 3. The van der Waals surface area contributed by atoms with Gasteiger partial charge < -0.3 is 9.47 Å². The van der Waals surface area contributed by atoms with Gasteiger partial charge >= 0.3 is 12.1 Å². The summed E-state index contributed by atoms with van der Waals surface area (Å²) in [6.07, 6.45) is 7.92. The molecule has 0 spiro atoms. The molecule has 0 saturated carbocycles. The van der Waals surface area contributed by atoms with E-state index < -0.39 is 24.2 Å². The van der Waals surface area contributed by atoms with Crippen LogP contribution in [0.4, 0.5) is 13.2 Å². The molecule has 1 aromatic carbocycles. The summed E-state index contributed by atoms with van der Waals surface area (Å²) in [5.41, 5.74) is 2.12. The summed E-state index contributed by atoms with van der Waals surface area (Å²) in [5.74, 6) is -0.410. The van der Waals surface area contributed by atoms with Gasteiger partial charge in [0.2, 0.25) is 0 Å². The number of unbranched alkanes of at least 4 members (excludes halogenated alkanes) is 10. The lowest BCUT2D eigenvalue weighted by molar-refractivity contribution is -0.225. The van der Waals surface area contributed by atoms with Crippen molar-refractivity contribution >= 4 is 5.97 Å². The molecule has 2 atom stereocenters. The number of aryl methyl sites for hydroxylation is 1. The highest BCUT2D eigenvalue weighted by molar-refractivity contribution is 5.73. The predicted molar refractivity (Wildman–Crippen MR) is 135 cm³/mol. The first-order valence-corrected chi connectivity index (χ1v) is 13.9. The Morgan fingerprint density at radius 2 is 1.54 bits per heavy atom. The van der Waals surface area contributed by atoms with Crippen LogP contribution in [-0.4, -0.2) is 24.9 Å². The molecule has 1 unspecified atom stereocenters. The number of hydrogen-bond donors (Lipinski definition) is 0. The summed E-state index contributed by atoms with van der Waals surface area (Å²) >= 11 is 0. The van der Waals surface area contributed by atoms with Gasteiger partial charge in [0.25, 0.3) is 0 Å². The van der Waals surface area contributed by atoms with E-state index in [0.717, 1.165) is 42.6 Å². The lowest BCUT2D eigenvalue weighted by Gasteiger charge is -2.27. The van der Waals surface area contributed by atoms with Crippen LogP contribution in [0.3, 0.4) is 0 Å². The van der Waals surface area contributed by atoms with Crippen molar-refractivity contribution in [2.75, 3.05) is 6.61 Å². The van der Waals surface area contributed by atoms with Crippen LogP contribution < -0.4 is 4.74 Å². The predicted octanol–water partition coefficient (Wildman–Crippen LogP) is 8.76. The second-order valence-corrected chi connectivity index (χ2v) is 10.0. The highest BCUT2D eigenvalue weighted by atomic mass is 19.4. The van der Waals surface area contributed by atoms with Gasteiger partial charge in [-0.2, -0.15) is 13.2 Å². The molecule has 0 heterocycles. The van der Waals surface area contributed by atoms with Crippen molar-refractivity contribution in [3.05, 3.63) is 29.3 Å². The Hall–Kier alpha value is -1.72. The summed E-state index contributed by atoms with van der Waals surface area (Å²) in [7, 11) is 0. The smallest absolute Gasteiger partial charge is 0.425 e. The standard InChI is InChI=1S/C29H45F3O3/c1-3-5-7-9-10-11-12-14-20-34-26-19-18-23-21-25(17-16-24(23)22-26)28(33)35-27(29(30,31)32)15-13-8-6-4-2/h18-19,22,25,27H,3-17,20-21H2,1-2H3/t25?,27-/m1/s1. The van der Waals surface area contributed by atoms with E-state index in [1.165, 1.54) is 44.9 Å². The molecular weight excluding hydrogens is 453 g/mol. The van der Waals surface area contributed by atoms with E-state index in [0.29, 0.717) is 32.3 Å². The minimum Gasteiger partial charge on any atom is -0.494 e. The molecule has 0 radical (unpaired) electrons. The Morgan fingerprint density at radius 3 is 2.20 bits per heavy atom. The zero-order valence-corrected chi connectivity index (χ0v) is 21.8. The minimum atomic E-state index is -4.52. The van der Waals surface area contributed by atoms with E-state index in [-0.39, 0.29) is 6.42 Å². The number of rotatable bonds is 17. The molecule has 3 nitrogen and oxygen atoms in total. The van der Waals surface area contributed by atoms with Crippen molar-refractivity contribution in [1.82, 2.24) is 0 Å². The molecule has 0 aromatic heterocycles. The van der Waals surface area contributed by atoms with Gasteiger partial charge in [-0.1, -0.05) is 84.1 Å². The first-order valence-electron chi connectivity index (χ1n) is 13.9. The molecule has 0 fully saturated rings. The maximum Gasteiger partial charge on any atom is 0.425 e. The van der Waals surface area contributed by atoms with Crippen molar-refractivity contribution in [1.29, 1.82) is 0 Å². The second kappa shape index (κ2) is 16.1. The molecule has 35 heavy (non-hydrogen) atoms. The fraction of sp³-hybridized carbons (Fsp3) is 0.759. The molecule has 1 aromatic rings. The molecular formula is C29H45F3O3. The zero-order chi connectivity index (χ0) is 25.5. The molecule has 0 N–H and O–H groups in total. The third-order valence-electron chi connectivity index (χ3n) is 6.95. The number of ether oxygens (including phenoxy) is 2. The van der Waals surface area contributed by atoms with Gasteiger partial charge in [0, 0.05) is 0 Å². The monoisotopic (exact) mass is 498 g/mol. The molecule has 6 heteroatoms. The Labute approximate surface area is 210 Å². The number of benzene rings is 1. The maximum atomic E-state index is 13.4. The van der Waals surface area contributed by atoms with Crippen LogP contribution in [0, 0.1) is 5.92 Å². The number of carbonyl (C=O) groups excluding carboxylic acids is 1. The van der Waals surface area contributed by atoms with Crippen molar-refractivity contribution in [3.63, 3.8) is 0 Å². The highest BCUT2D eigenvalue weighted by Crippen LogP contribution is 2.32. The Balaban J connectivity index is 1.76. The van der Waals surface area contributed by atoms with Gasteiger partial charge in [0.1, 0.15) is 5.75 Å². The van der Waals surface area contributed by atoms with Gasteiger partial charge in [-0.25, -0.2) is 0 Å². The fourth-order valence-electron chi connectivity index (χ4n) is 4.73. The van der Waals surface area contributed by atoms with E-state index in [9.17, 15) is 18.0 Å². The summed E-state index contributed by atoms with van der Waals surface area (Å²) in [6.45, 7) is 4.93. The molecule has 0 saturated heterocycles. The van der Waals surface area contributed by atoms with E-state index >= 15 is 0 Å². The topological polar surface area (TPSA) is 35.5 Å². The lowest BCUT2D eigenvalue weighted by atomic mass is 9.84. The summed E-state index contributed by atoms with van der Waals surface area (Å²) in [5, 5.41) is 0. The Morgan fingerprint density at radius 1 is 0.914 bits per heavy atom. The second-order valence-electron chi connectivity index (χ2n) is 10.0. The van der Waals surface area contributed by atoms with Crippen LogP contribution in [0.25, 0.3) is 0 Å². The van der Waals surface area contributed by atoms with Crippen LogP contribution in [0.2, 0.25) is 0 Å². The number of hydrogen-bond acceptors (Lipinski definition) is 3. The molecule has 0 aliphatic heterocycles. The number of fused-ring (bicyclic) bond motifs is 1. The van der Waals surface area contributed by atoms with E-state index in [1.54, 1.807) is 0 Å². The molecule has 1 aliphatic rings. The van der Waals surface area contributed by atoms with Crippen LogP contribution in [-0.2, 0) is 22.4 Å². The van der Waals surface area contributed by atoms with Crippen LogP contribution in [0.5, 0.6) is 5.75 Å². The maximum absolute atomic E-state index is 13.4. The largest absolute Gasteiger partial charge is 0.494 e. The first kappa shape index (κ1) is 29.5. The van der Waals surface area contributed by atoms with Gasteiger partial charge in [-0.3, -0.25) is 4.79 Å². The first-order chi connectivity index (χ1) is 16.8. The zero-order valence-electron chi connectivity index (χ0n) is 21.8. The van der Waals surface area contributed by atoms with Crippen LogP contribution in [0.15, 0.2) is 18.2 Å². The van der Waals surface area contributed by atoms with Crippen LogP contribution >= 0.6 is 0 Å². The lowest BCUT2D eigenvalue weighted by Crippen LogP contribution is -2.37. The van der Waals surface area contributed by atoms with E-state index in [4.69, 9.17) is 9.47 Å². The van der Waals surface area contributed by atoms with Gasteiger partial charge in [-0.15, -0.1) is 0 Å². The molecule has 0 bridgehead atoms. The average molecular weight is 499 g/mol. The molecule has 200 valence electrons. The summed E-state index contributed by atoms with van der Waals surface area (Å²) < 4.78 is 51.1. The number of esters is 1.